The molecule has 2 aromatic carbocycles. The van der Waals surface area contributed by atoms with Crippen molar-refractivity contribution in [3.8, 4) is 0 Å². The van der Waals surface area contributed by atoms with Gasteiger partial charge in [0.1, 0.15) is 6.54 Å². The van der Waals surface area contributed by atoms with Crippen molar-refractivity contribution in [2.24, 2.45) is 23.7 Å². The van der Waals surface area contributed by atoms with Gasteiger partial charge in [0.25, 0.3) is 23.4 Å². The molecule has 1 aliphatic heterocycles. The van der Waals surface area contributed by atoms with Crippen LogP contribution >= 0.6 is 31.9 Å². The van der Waals surface area contributed by atoms with Crippen LogP contribution in [-0.4, -0.2) is 54.6 Å². The predicted octanol–water partition coefficient (Wildman–Crippen LogP) is 4.23. The Morgan fingerprint density at radius 2 is 1.49 bits per heavy atom. The van der Waals surface area contributed by atoms with E-state index < -0.39 is 46.8 Å². The molecule has 6 atom stereocenters. The average Bonchev–Trinajstić information content (AvgIpc) is 3.48. The van der Waals surface area contributed by atoms with Crippen LogP contribution in [0.15, 0.2) is 42.5 Å². The number of rotatable bonds is 6. The minimum absolute atomic E-state index is 0.0199. The summed E-state index contributed by atoms with van der Waals surface area (Å²) in [6, 6.07) is 10.0. The fourth-order valence-electron chi connectivity index (χ4n) is 5.82. The number of non-ortho nitro benzene ring substituents is 1. The number of aryl methyl sites for hydroxylation is 2. The monoisotopic (exact) mass is 631 g/mol. The molecule has 0 aromatic heterocycles. The number of amides is 3. The number of ketones is 1. The van der Waals surface area contributed by atoms with Crippen LogP contribution in [0.5, 0.6) is 0 Å². The summed E-state index contributed by atoms with van der Waals surface area (Å²) in [6.45, 7) is 3.25. The summed E-state index contributed by atoms with van der Waals surface area (Å²) in [6.07, 6.45) is 0.727. The molecule has 3 amide bonds. The minimum atomic E-state index is -0.758. The van der Waals surface area contributed by atoms with Gasteiger partial charge in [-0.2, -0.15) is 5.01 Å². The molecule has 0 radical (unpaired) electrons. The number of fused-ring (bicyclic) bond motifs is 5. The molecular weight excluding hydrogens is 610 g/mol. The Morgan fingerprint density at radius 3 is 2.00 bits per heavy atom. The lowest BCUT2D eigenvalue weighted by atomic mass is 9.81. The lowest BCUT2D eigenvalue weighted by molar-refractivity contribution is -0.384. The van der Waals surface area contributed by atoms with Gasteiger partial charge in [0.15, 0.2) is 5.78 Å². The van der Waals surface area contributed by atoms with Crippen LogP contribution in [0, 0.1) is 47.6 Å². The number of hydrazine groups is 1. The summed E-state index contributed by atoms with van der Waals surface area (Å²) in [5.41, 5.74) is 2.06. The van der Waals surface area contributed by atoms with Crippen molar-refractivity contribution in [3.63, 3.8) is 0 Å². The summed E-state index contributed by atoms with van der Waals surface area (Å²) in [5.74, 6) is -3.44. The predicted molar refractivity (Wildman–Crippen MR) is 140 cm³/mol. The molecule has 2 aliphatic carbocycles. The van der Waals surface area contributed by atoms with E-state index in [1.54, 1.807) is 18.2 Å². The van der Waals surface area contributed by atoms with E-state index in [4.69, 9.17) is 0 Å². The third-order valence-electron chi connectivity index (χ3n) is 7.89. The Kier molecular flexibility index (Phi) is 6.56. The van der Waals surface area contributed by atoms with E-state index in [2.05, 4.69) is 31.9 Å². The first-order chi connectivity index (χ1) is 17.5. The zero-order chi connectivity index (χ0) is 26.8. The second-order valence-corrected chi connectivity index (χ2v) is 12.0. The van der Waals surface area contributed by atoms with Crippen LogP contribution < -0.4 is 0 Å². The number of hydrogen-bond donors (Lipinski definition) is 0. The van der Waals surface area contributed by atoms with Crippen LogP contribution in [0.2, 0.25) is 0 Å². The van der Waals surface area contributed by atoms with E-state index in [9.17, 15) is 29.3 Å². The summed E-state index contributed by atoms with van der Waals surface area (Å²) in [5, 5.41) is 12.8. The molecule has 2 saturated carbocycles. The maximum absolute atomic E-state index is 13.7. The van der Waals surface area contributed by atoms with E-state index in [0.717, 1.165) is 27.6 Å². The van der Waals surface area contributed by atoms with E-state index in [-0.39, 0.29) is 32.7 Å². The second-order valence-electron chi connectivity index (χ2n) is 9.88. The third-order valence-corrected chi connectivity index (χ3v) is 11.1. The molecule has 0 spiro atoms. The molecule has 5 rings (SSSR count). The van der Waals surface area contributed by atoms with Crippen LogP contribution in [0.1, 0.15) is 38.3 Å². The highest BCUT2D eigenvalue weighted by atomic mass is 79.9. The number of halogens is 2. The van der Waals surface area contributed by atoms with Crippen molar-refractivity contribution in [1.82, 2.24) is 10.0 Å². The van der Waals surface area contributed by atoms with Gasteiger partial charge < -0.3 is 0 Å². The van der Waals surface area contributed by atoms with E-state index in [0.29, 0.717) is 5.56 Å². The molecular formula is C26H23Br2N3O6. The number of carbonyl (C=O) groups excluding carboxylic acids is 4. The van der Waals surface area contributed by atoms with E-state index in [1.165, 1.54) is 24.3 Å². The number of imide groups is 1. The zero-order valence-corrected chi connectivity index (χ0v) is 23.1. The molecule has 1 heterocycles. The number of hydrogen-bond acceptors (Lipinski definition) is 6. The number of carbonyl (C=O) groups is 4. The fraction of sp³-hybridized carbons (Fsp3) is 0.385. The quantitative estimate of drug-likeness (QED) is 0.155. The second kappa shape index (κ2) is 9.43. The van der Waals surface area contributed by atoms with Gasteiger partial charge in [-0.1, -0.05) is 44.0 Å². The number of nitro benzene ring substituents is 1. The molecule has 0 unspecified atom stereocenters. The standard InChI is InChI=1S/C26H23Br2N3O6/c1-12-3-4-15(9-13(12)2)19(32)11-29(24(33)14-5-7-16(8-6-14)31(36)37)30-25(34)20-17-10-18(21(20)26(30)35)23(28)22(17)27/h3-9,17-18,20-23H,10-11H2,1-2H3/t17-,18-,20-,21+,22+,23+/m1/s1. The first kappa shape index (κ1) is 25.7. The molecule has 1 saturated heterocycles. The Labute approximate surface area is 229 Å². The summed E-state index contributed by atoms with van der Waals surface area (Å²) in [4.78, 5) is 64.8. The largest absolute Gasteiger partial charge is 0.292 e. The third kappa shape index (κ3) is 4.12. The van der Waals surface area contributed by atoms with Gasteiger partial charge in [0, 0.05) is 32.9 Å². The molecule has 9 nitrogen and oxygen atoms in total. The van der Waals surface area contributed by atoms with Crippen LogP contribution in [0.4, 0.5) is 5.69 Å². The van der Waals surface area contributed by atoms with Crippen LogP contribution in [0.25, 0.3) is 0 Å². The zero-order valence-electron chi connectivity index (χ0n) is 20.0. The number of nitro groups is 1. The number of benzene rings is 2. The molecule has 2 aromatic rings. The molecule has 0 N–H and O–H groups in total. The topological polar surface area (TPSA) is 118 Å². The van der Waals surface area contributed by atoms with Crippen molar-refractivity contribution in [2.75, 3.05) is 6.54 Å². The van der Waals surface area contributed by atoms with Crippen LogP contribution in [0.3, 0.4) is 0 Å². The smallest absolute Gasteiger partial charge is 0.273 e. The van der Waals surface area contributed by atoms with Crippen molar-refractivity contribution in [1.29, 1.82) is 0 Å². The number of nitrogens with zero attached hydrogens (tertiary/aromatic N) is 3. The molecule has 192 valence electrons. The van der Waals surface area contributed by atoms with Crippen LogP contribution in [-0.2, 0) is 9.59 Å². The molecule has 3 aliphatic rings. The maximum atomic E-state index is 13.7. The Balaban J connectivity index is 1.51. The average molecular weight is 633 g/mol. The van der Waals surface area contributed by atoms with Gasteiger partial charge in [-0.05, 0) is 61.4 Å². The fourth-order valence-corrected chi connectivity index (χ4v) is 7.69. The van der Waals surface area contributed by atoms with Crippen molar-refractivity contribution >= 4 is 61.1 Å². The number of Topliss-reactive ketones (excluding diaryl/α,β-unsaturated/α-hetero) is 1. The first-order valence-corrected chi connectivity index (χ1v) is 13.7. The van der Waals surface area contributed by atoms with Crippen molar-refractivity contribution in [2.45, 2.75) is 29.9 Å². The summed E-state index contributed by atoms with van der Waals surface area (Å²) < 4.78 is 0. The molecule has 37 heavy (non-hydrogen) atoms. The normalized spacial score (nSPS) is 27.9. The Bertz CT molecular complexity index is 1310. The minimum Gasteiger partial charge on any atom is -0.292 e. The van der Waals surface area contributed by atoms with Gasteiger partial charge in [-0.25, -0.2) is 5.01 Å². The molecule has 3 fully saturated rings. The lowest BCUT2D eigenvalue weighted by Gasteiger charge is -2.31. The van der Waals surface area contributed by atoms with Crippen molar-refractivity contribution in [3.05, 3.63) is 74.8 Å². The Hall–Kier alpha value is -2.92. The van der Waals surface area contributed by atoms with E-state index in [1.807, 2.05) is 13.8 Å². The van der Waals surface area contributed by atoms with Gasteiger partial charge in [0.2, 0.25) is 0 Å². The molecule has 11 heteroatoms. The van der Waals surface area contributed by atoms with Gasteiger partial charge in [-0.15, -0.1) is 0 Å². The van der Waals surface area contributed by atoms with E-state index >= 15 is 0 Å². The SMILES string of the molecule is Cc1ccc(C(=O)CN(C(=O)c2ccc([N+](=O)[O-])cc2)N2C(=O)[C@@H]3[C@H]4C[C@@H]([C@H](Br)[C@H]4Br)[C@@H]3C2=O)cc1C. The summed E-state index contributed by atoms with van der Waals surface area (Å²) in [7, 11) is 0. The van der Waals surface area contributed by atoms with Gasteiger partial charge in [0.05, 0.1) is 16.8 Å². The van der Waals surface area contributed by atoms with Gasteiger partial charge in [-0.3, -0.25) is 29.3 Å². The first-order valence-electron chi connectivity index (χ1n) is 11.8. The van der Waals surface area contributed by atoms with Crippen molar-refractivity contribution < 1.29 is 24.1 Å². The highest BCUT2D eigenvalue weighted by molar-refractivity contribution is 9.12. The Morgan fingerprint density at radius 1 is 0.946 bits per heavy atom. The highest BCUT2D eigenvalue weighted by Gasteiger charge is 2.67. The lowest BCUT2D eigenvalue weighted by Crippen LogP contribution is -2.52. The highest BCUT2D eigenvalue weighted by Crippen LogP contribution is 2.60. The summed E-state index contributed by atoms with van der Waals surface area (Å²) >= 11 is 7.30. The number of alkyl halides is 2. The maximum Gasteiger partial charge on any atom is 0.273 e. The van der Waals surface area contributed by atoms with Gasteiger partial charge >= 0.3 is 0 Å². The molecule has 2 bridgehead atoms.